The molecule has 86 valence electrons. The predicted octanol–water partition coefficient (Wildman–Crippen LogP) is 2.22. The number of ether oxygens (including phenoxy) is 1. The van der Waals surface area contributed by atoms with Gasteiger partial charge >= 0.3 is 0 Å². The number of rotatable bonds is 6. The van der Waals surface area contributed by atoms with Gasteiger partial charge in [0, 0.05) is 12.5 Å². The lowest BCUT2D eigenvalue weighted by Gasteiger charge is -2.13. The monoisotopic (exact) mass is 218 g/mol. The summed E-state index contributed by atoms with van der Waals surface area (Å²) in [7, 11) is 0. The molecule has 0 aromatic heterocycles. The summed E-state index contributed by atoms with van der Waals surface area (Å²) < 4.78 is 5.46. The highest BCUT2D eigenvalue weighted by Gasteiger charge is 2.10. The molecular formula is C14H18O2. The molecule has 2 nitrogen and oxygen atoms in total. The Kier molecular flexibility index (Phi) is 5.63. The molecule has 2 heteroatoms. The van der Waals surface area contributed by atoms with Crippen LogP contribution in [0.2, 0.25) is 0 Å². The van der Waals surface area contributed by atoms with Crippen molar-refractivity contribution in [2.75, 3.05) is 6.61 Å². The minimum atomic E-state index is -0.472. The van der Waals surface area contributed by atoms with E-state index in [1.165, 1.54) is 0 Å². The maximum atomic E-state index is 9.59. The maximum absolute atomic E-state index is 9.59. The largest absolute Gasteiger partial charge is 0.392 e. The van der Waals surface area contributed by atoms with Gasteiger partial charge in [-0.2, -0.15) is 0 Å². The molecule has 1 N–H and O–H groups in total. The average molecular weight is 218 g/mol. The molecule has 0 spiro atoms. The van der Waals surface area contributed by atoms with E-state index in [1.807, 2.05) is 37.3 Å². The Morgan fingerprint density at radius 1 is 1.38 bits per heavy atom. The van der Waals surface area contributed by atoms with Crippen LogP contribution in [0.1, 0.15) is 18.9 Å². The van der Waals surface area contributed by atoms with Crippen molar-refractivity contribution < 1.29 is 9.84 Å². The third-order valence-electron chi connectivity index (χ3n) is 2.51. The van der Waals surface area contributed by atoms with E-state index in [4.69, 9.17) is 11.2 Å². The van der Waals surface area contributed by atoms with Gasteiger partial charge < -0.3 is 9.84 Å². The van der Waals surface area contributed by atoms with Crippen LogP contribution in [0, 0.1) is 18.3 Å². The van der Waals surface area contributed by atoms with Crippen LogP contribution in [-0.2, 0) is 11.3 Å². The molecule has 16 heavy (non-hydrogen) atoms. The third-order valence-corrected chi connectivity index (χ3v) is 2.51. The minimum Gasteiger partial charge on any atom is -0.392 e. The van der Waals surface area contributed by atoms with Gasteiger partial charge in [-0.15, -0.1) is 12.3 Å². The van der Waals surface area contributed by atoms with Crippen LogP contribution in [-0.4, -0.2) is 17.8 Å². The van der Waals surface area contributed by atoms with Gasteiger partial charge in [-0.25, -0.2) is 0 Å². The molecule has 0 aliphatic heterocycles. The van der Waals surface area contributed by atoms with Crippen molar-refractivity contribution in [3.63, 3.8) is 0 Å². The highest BCUT2D eigenvalue weighted by Crippen LogP contribution is 2.07. The van der Waals surface area contributed by atoms with E-state index in [9.17, 15) is 5.11 Å². The fourth-order valence-corrected chi connectivity index (χ4v) is 1.33. The summed E-state index contributed by atoms with van der Waals surface area (Å²) in [5, 5.41) is 9.59. The van der Waals surface area contributed by atoms with Gasteiger partial charge in [0.2, 0.25) is 0 Å². The van der Waals surface area contributed by atoms with Crippen molar-refractivity contribution in [1.82, 2.24) is 0 Å². The lowest BCUT2D eigenvalue weighted by atomic mass is 10.0. The lowest BCUT2D eigenvalue weighted by molar-refractivity contribution is 0.0606. The van der Waals surface area contributed by atoms with E-state index in [0.717, 1.165) is 5.56 Å². The Hall–Kier alpha value is -1.30. The average Bonchev–Trinajstić information content (AvgIpc) is 2.34. The molecular weight excluding hydrogens is 200 g/mol. The summed E-state index contributed by atoms with van der Waals surface area (Å²) in [6.07, 6.45) is 5.33. The van der Waals surface area contributed by atoms with Crippen molar-refractivity contribution in [1.29, 1.82) is 0 Å². The topological polar surface area (TPSA) is 29.5 Å². The molecule has 0 aliphatic carbocycles. The summed E-state index contributed by atoms with van der Waals surface area (Å²) in [4.78, 5) is 0. The van der Waals surface area contributed by atoms with Gasteiger partial charge in [0.05, 0.1) is 12.7 Å². The van der Waals surface area contributed by atoms with Gasteiger partial charge in [-0.05, 0) is 18.9 Å². The fourth-order valence-electron chi connectivity index (χ4n) is 1.33. The zero-order chi connectivity index (χ0) is 11.8. The van der Waals surface area contributed by atoms with E-state index >= 15 is 0 Å². The first-order valence-electron chi connectivity index (χ1n) is 5.50. The van der Waals surface area contributed by atoms with Crippen molar-refractivity contribution in [3.8, 4) is 12.3 Å². The predicted molar refractivity (Wildman–Crippen MR) is 64.7 cm³/mol. The van der Waals surface area contributed by atoms with Crippen molar-refractivity contribution in [2.45, 2.75) is 26.1 Å². The summed E-state index contributed by atoms with van der Waals surface area (Å²) in [5.74, 6) is 2.41. The Morgan fingerprint density at radius 2 is 2.06 bits per heavy atom. The second-order valence-electron chi connectivity index (χ2n) is 3.85. The molecule has 1 aromatic carbocycles. The Balaban J connectivity index is 2.16. The molecule has 1 rings (SSSR count). The zero-order valence-electron chi connectivity index (χ0n) is 9.60. The third kappa shape index (κ3) is 4.48. The van der Waals surface area contributed by atoms with Crippen LogP contribution >= 0.6 is 0 Å². The summed E-state index contributed by atoms with van der Waals surface area (Å²) in [6.45, 7) is 2.95. The first-order valence-corrected chi connectivity index (χ1v) is 5.50. The normalized spacial score (nSPS) is 14.1. The Labute approximate surface area is 97.3 Å². The van der Waals surface area contributed by atoms with Crippen LogP contribution in [0.25, 0.3) is 0 Å². The van der Waals surface area contributed by atoms with Gasteiger partial charge in [-0.1, -0.05) is 30.3 Å². The lowest BCUT2D eigenvalue weighted by Crippen LogP contribution is -2.18. The quantitative estimate of drug-likeness (QED) is 0.586. The van der Waals surface area contributed by atoms with Gasteiger partial charge in [0.15, 0.2) is 0 Å². The first-order chi connectivity index (χ1) is 7.74. The van der Waals surface area contributed by atoms with E-state index in [0.29, 0.717) is 19.6 Å². The first kappa shape index (κ1) is 12.8. The van der Waals surface area contributed by atoms with Crippen LogP contribution < -0.4 is 0 Å². The zero-order valence-corrected chi connectivity index (χ0v) is 9.60. The van der Waals surface area contributed by atoms with Crippen molar-refractivity contribution >= 4 is 0 Å². The Bertz CT molecular complexity index is 326. The second kappa shape index (κ2) is 7.05. The number of terminal acetylenes is 1. The molecule has 2 atom stereocenters. The highest BCUT2D eigenvalue weighted by molar-refractivity contribution is 5.13. The van der Waals surface area contributed by atoms with E-state index in [2.05, 4.69) is 5.92 Å². The number of benzene rings is 1. The van der Waals surface area contributed by atoms with E-state index in [1.54, 1.807) is 0 Å². The SMILES string of the molecule is C#C[C@H](C)[C@H](O)CCOCc1ccccc1. The molecule has 1 aromatic rings. The standard InChI is InChI=1S/C14H18O2/c1-3-12(2)14(15)9-10-16-11-13-7-5-4-6-8-13/h1,4-8,12,14-15H,9-11H2,2H3/t12-,14+/m0/s1. The summed E-state index contributed by atoms with van der Waals surface area (Å²) >= 11 is 0. The summed E-state index contributed by atoms with van der Waals surface area (Å²) in [5.41, 5.74) is 1.14. The maximum Gasteiger partial charge on any atom is 0.0716 e. The van der Waals surface area contributed by atoms with E-state index in [-0.39, 0.29) is 5.92 Å². The van der Waals surface area contributed by atoms with Gasteiger partial charge in [-0.3, -0.25) is 0 Å². The van der Waals surface area contributed by atoms with Gasteiger partial charge in [0.1, 0.15) is 0 Å². The molecule has 0 saturated carbocycles. The molecule has 0 radical (unpaired) electrons. The molecule has 0 saturated heterocycles. The van der Waals surface area contributed by atoms with Crippen LogP contribution in [0.4, 0.5) is 0 Å². The molecule has 0 bridgehead atoms. The number of hydrogen-bond donors (Lipinski definition) is 1. The van der Waals surface area contributed by atoms with Gasteiger partial charge in [0.25, 0.3) is 0 Å². The van der Waals surface area contributed by atoms with Crippen LogP contribution in [0.5, 0.6) is 0 Å². The molecule has 0 aliphatic rings. The van der Waals surface area contributed by atoms with Crippen molar-refractivity contribution in [2.24, 2.45) is 5.92 Å². The number of aliphatic hydroxyl groups is 1. The highest BCUT2D eigenvalue weighted by atomic mass is 16.5. The smallest absolute Gasteiger partial charge is 0.0716 e. The second-order valence-corrected chi connectivity index (χ2v) is 3.85. The van der Waals surface area contributed by atoms with Crippen LogP contribution in [0.3, 0.4) is 0 Å². The molecule has 0 fully saturated rings. The summed E-state index contributed by atoms with van der Waals surface area (Å²) in [6, 6.07) is 9.96. The minimum absolute atomic E-state index is 0.111. The molecule has 0 amide bonds. The van der Waals surface area contributed by atoms with E-state index < -0.39 is 6.10 Å². The number of hydrogen-bond acceptors (Lipinski definition) is 2. The van der Waals surface area contributed by atoms with Crippen LogP contribution in [0.15, 0.2) is 30.3 Å². The molecule has 0 unspecified atom stereocenters. The van der Waals surface area contributed by atoms with Crippen molar-refractivity contribution in [3.05, 3.63) is 35.9 Å². The fraction of sp³-hybridized carbons (Fsp3) is 0.429. The molecule has 0 heterocycles. The number of aliphatic hydroxyl groups excluding tert-OH is 1. The Morgan fingerprint density at radius 3 is 2.69 bits per heavy atom.